The topological polar surface area (TPSA) is 108 Å². The molecule has 1 heterocycles. The van der Waals surface area contributed by atoms with E-state index in [9.17, 15) is 0 Å². The number of hydrogen-bond donors (Lipinski definition) is 1. The normalized spacial score (nSPS) is 8.94. The first-order valence-electron chi connectivity index (χ1n) is 4.76. The van der Waals surface area contributed by atoms with Crippen molar-refractivity contribution in [3.63, 3.8) is 0 Å². The molecule has 18 heavy (non-hydrogen) atoms. The van der Waals surface area contributed by atoms with Gasteiger partial charge in [-0.3, -0.25) is 0 Å². The summed E-state index contributed by atoms with van der Waals surface area (Å²) in [7, 11) is 1.44. The molecular formula is C10H10N6OS. The zero-order valence-electron chi connectivity index (χ0n) is 10.1. The van der Waals surface area contributed by atoms with E-state index in [1.165, 1.54) is 18.9 Å². The van der Waals surface area contributed by atoms with E-state index in [1.807, 2.05) is 0 Å². The highest BCUT2D eigenvalue weighted by Gasteiger charge is 2.09. The van der Waals surface area contributed by atoms with Crippen LogP contribution in [0.1, 0.15) is 5.82 Å². The molecular weight excluding hydrogens is 252 g/mol. The fourth-order valence-electron chi connectivity index (χ4n) is 1.05. The number of hydrogen-bond acceptors (Lipinski definition) is 8. The second-order valence-electron chi connectivity index (χ2n) is 2.95. The number of anilines is 1. The van der Waals surface area contributed by atoms with E-state index in [4.69, 9.17) is 15.3 Å². The maximum atomic E-state index is 8.80. The summed E-state index contributed by atoms with van der Waals surface area (Å²) >= 11 is 1.22. The van der Waals surface area contributed by atoms with Gasteiger partial charge in [-0.1, -0.05) is 0 Å². The van der Waals surface area contributed by atoms with E-state index >= 15 is 0 Å². The minimum absolute atomic E-state index is 0.0282. The number of nitrogens with one attached hydrogen (secondary N) is 1. The van der Waals surface area contributed by atoms with E-state index in [1.54, 1.807) is 25.3 Å². The Morgan fingerprint density at radius 1 is 1.28 bits per heavy atom. The number of methoxy groups -OCH3 is 1. The van der Waals surface area contributed by atoms with Crippen molar-refractivity contribution in [1.82, 2.24) is 15.0 Å². The predicted molar refractivity (Wildman–Crippen MR) is 66.5 cm³/mol. The molecule has 0 aliphatic rings. The zero-order valence-corrected chi connectivity index (χ0v) is 10.9. The highest BCUT2D eigenvalue weighted by atomic mass is 32.2. The van der Waals surface area contributed by atoms with Gasteiger partial charge in [-0.15, -0.1) is 11.8 Å². The first-order chi connectivity index (χ1) is 8.64. The highest BCUT2D eigenvalue weighted by molar-refractivity contribution is 8.02. The third-order valence-corrected chi connectivity index (χ3v) is 2.50. The molecule has 0 aromatic carbocycles. The lowest BCUT2D eigenvalue weighted by Crippen LogP contribution is -2.06. The molecule has 0 aliphatic carbocycles. The SMILES string of the molecule is COc1nc(C)nc(NC(SC)=C(C#N)C#N)n1. The van der Waals surface area contributed by atoms with Crippen LogP contribution < -0.4 is 10.1 Å². The average molecular weight is 262 g/mol. The van der Waals surface area contributed by atoms with Gasteiger partial charge in [-0.05, 0) is 13.2 Å². The summed E-state index contributed by atoms with van der Waals surface area (Å²) in [6, 6.07) is 3.77. The second-order valence-corrected chi connectivity index (χ2v) is 3.77. The van der Waals surface area contributed by atoms with E-state index < -0.39 is 0 Å². The van der Waals surface area contributed by atoms with Gasteiger partial charge in [0.1, 0.15) is 23.0 Å². The summed E-state index contributed by atoms with van der Waals surface area (Å²) < 4.78 is 4.91. The molecule has 0 saturated carbocycles. The summed E-state index contributed by atoms with van der Waals surface area (Å²) in [5.41, 5.74) is -0.0282. The van der Waals surface area contributed by atoms with Gasteiger partial charge >= 0.3 is 6.01 Å². The lowest BCUT2D eigenvalue weighted by atomic mass is 10.3. The monoisotopic (exact) mass is 262 g/mol. The molecule has 1 aromatic heterocycles. The Hall–Kier alpha value is -2.32. The number of nitriles is 2. The first kappa shape index (κ1) is 13.7. The Bertz CT molecular complexity index is 540. The van der Waals surface area contributed by atoms with Gasteiger partial charge in [0.15, 0.2) is 5.57 Å². The molecule has 1 aromatic rings. The highest BCUT2D eigenvalue weighted by Crippen LogP contribution is 2.18. The Labute approximate surface area is 109 Å². The number of aryl methyl sites for hydroxylation is 1. The van der Waals surface area contributed by atoms with E-state index in [-0.39, 0.29) is 17.5 Å². The fraction of sp³-hybridized carbons (Fsp3) is 0.300. The number of ether oxygens (including phenoxy) is 1. The number of aromatic nitrogens is 3. The van der Waals surface area contributed by atoms with Crippen LogP contribution in [0, 0.1) is 29.6 Å². The van der Waals surface area contributed by atoms with Crippen molar-refractivity contribution >= 4 is 17.7 Å². The maximum absolute atomic E-state index is 8.80. The standard InChI is InChI=1S/C10H10N6OS/c1-6-13-9(16-10(14-6)17-2)15-8(18-3)7(4-11)5-12/h1-3H3,(H,13,14,15,16). The fourth-order valence-corrected chi connectivity index (χ4v) is 1.54. The minimum Gasteiger partial charge on any atom is -0.467 e. The molecule has 0 saturated heterocycles. The summed E-state index contributed by atoms with van der Waals surface area (Å²) in [6.07, 6.45) is 1.74. The van der Waals surface area contributed by atoms with Crippen LogP contribution in [0.4, 0.5) is 5.95 Å². The van der Waals surface area contributed by atoms with Crippen molar-refractivity contribution in [2.45, 2.75) is 6.92 Å². The van der Waals surface area contributed by atoms with Gasteiger partial charge in [-0.25, -0.2) is 0 Å². The second kappa shape index (κ2) is 6.42. The summed E-state index contributed by atoms with van der Waals surface area (Å²) in [5, 5.41) is 20.8. The molecule has 0 fully saturated rings. The van der Waals surface area contributed by atoms with E-state index in [2.05, 4.69) is 20.3 Å². The molecule has 92 valence electrons. The van der Waals surface area contributed by atoms with Crippen molar-refractivity contribution < 1.29 is 4.74 Å². The van der Waals surface area contributed by atoms with Gasteiger partial charge in [0.25, 0.3) is 0 Å². The first-order valence-corrected chi connectivity index (χ1v) is 5.99. The Balaban J connectivity index is 3.11. The van der Waals surface area contributed by atoms with E-state index in [0.717, 1.165) is 0 Å². The smallest absolute Gasteiger partial charge is 0.321 e. The number of rotatable bonds is 4. The molecule has 0 spiro atoms. The van der Waals surface area contributed by atoms with Gasteiger partial charge in [-0.2, -0.15) is 25.5 Å². The van der Waals surface area contributed by atoms with Crippen LogP contribution in [0.3, 0.4) is 0 Å². The molecule has 0 radical (unpaired) electrons. The van der Waals surface area contributed by atoms with Crippen molar-refractivity contribution in [3.05, 3.63) is 16.4 Å². The molecule has 1 rings (SSSR count). The van der Waals surface area contributed by atoms with Gasteiger partial charge in [0.2, 0.25) is 5.95 Å². The summed E-state index contributed by atoms with van der Waals surface area (Å²) in [5.74, 6) is 0.701. The maximum Gasteiger partial charge on any atom is 0.321 e. The third-order valence-electron chi connectivity index (χ3n) is 1.79. The van der Waals surface area contributed by atoms with Crippen LogP contribution in [-0.4, -0.2) is 28.3 Å². The van der Waals surface area contributed by atoms with Crippen molar-refractivity contribution in [1.29, 1.82) is 10.5 Å². The van der Waals surface area contributed by atoms with E-state index in [0.29, 0.717) is 10.9 Å². The quantitative estimate of drug-likeness (QED) is 0.807. The van der Waals surface area contributed by atoms with Crippen molar-refractivity contribution in [2.24, 2.45) is 0 Å². The molecule has 0 unspecified atom stereocenters. The number of allylic oxidation sites excluding steroid dienone is 1. The number of nitrogens with zero attached hydrogens (tertiary/aromatic N) is 5. The van der Waals surface area contributed by atoms with Gasteiger partial charge in [0, 0.05) is 0 Å². The molecule has 1 N–H and O–H groups in total. The van der Waals surface area contributed by atoms with Crippen LogP contribution in [0.15, 0.2) is 10.6 Å². The molecule has 0 atom stereocenters. The Kier molecular flexibility index (Phi) is 4.90. The van der Waals surface area contributed by atoms with Crippen LogP contribution >= 0.6 is 11.8 Å². The molecule has 0 bridgehead atoms. The van der Waals surface area contributed by atoms with Gasteiger partial charge in [0.05, 0.1) is 7.11 Å². The molecule has 7 nitrogen and oxygen atoms in total. The van der Waals surface area contributed by atoms with Crippen LogP contribution in [0.2, 0.25) is 0 Å². The molecule has 8 heteroatoms. The lowest BCUT2D eigenvalue weighted by molar-refractivity contribution is 0.377. The zero-order chi connectivity index (χ0) is 13.5. The van der Waals surface area contributed by atoms with Crippen LogP contribution in [0.25, 0.3) is 0 Å². The van der Waals surface area contributed by atoms with Gasteiger partial charge < -0.3 is 10.1 Å². The predicted octanol–water partition coefficient (Wildman–Crippen LogP) is 1.22. The average Bonchev–Trinajstić information content (AvgIpc) is 2.38. The Morgan fingerprint density at radius 3 is 2.44 bits per heavy atom. The van der Waals surface area contributed by atoms with Crippen LogP contribution in [-0.2, 0) is 0 Å². The molecule has 0 aliphatic heterocycles. The summed E-state index contributed by atoms with van der Waals surface area (Å²) in [6.45, 7) is 1.69. The number of thioether (sulfide) groups is 1. The Morgan fingerprint density at radius 2 is 1.94 bits per heavy atom. The lowest BCUT2D eigenvalue weighted by Gasteiger charge is -2.08. The minimum atomic E-state index is -0.0282. The summed E-state index contributed by atoms with van der Waals surface area (Å²) in [4.78, 5) is 11.9. The largest absolute Gasteiger partial charge is 0.467 e. The molecule has 0 amide bonds. The van der Waals surface area contributed by atoms with Crippen LogP contribution in [0.5, 0.6) is 6.01 Å². The van der Waals surface area contributed by atoms with Crippen molar-refractivity contribution in [2.75, 3.05) is 18.7 Å². The van der Waals surface area contributed by atoms with Crippen molar-refractivity contribution in [3.8, 4) is 18.1 Å². The third kappa shape index (κ3) is 3.34.